The van der Waals surface area contributed by atoms with Crippen molar-refractivity contribution in [3.8, 4) is 0 Å². The van der Waals surface area contributed by atoms with Crippen molar-refractivity contribution in [3.63, 3.8) is 0 Å². The summed E-state index contributed by atoms with van der Waals surface area (Å²) in [6.45, 7) is 8.15. The molecule has 1 aliphatic carbocycles. The van der Waals surface area contributed by atoms with Crippen LogP contribution in [0.2, 0.25) is 0 Å². The minimum absolute atomic E-state index is 0.133. The monoisotopic (exact) mass is 256 g/mol. The summed E-state index contributed by atoms with van der Waals surface area (Å²) in [5.41, 5.74) is 6.08. The normalized spacial score (nSPS) is 27.0. The highest BCUT2D eigenvalue weighted by atomic mass is 16.5. The molecular weight excluding hydrogens is 228 g/mol. The average Bonchev–Trinajstić information content (AvgIpc) is 3.06. The van der Waals surface area contributed by atoms with Gasteiger partial charge in [0.2, 0.25) is 0 Å². The summed E-state index contributed by atoms with van der Waals surface area (Å²) in [6.07, 6.45) is 6.07. The molecule has 1 aliphatic heterocycles. The largest absolute Gasteiger partial charge is 0.381 e. The van der Waals surface area contributed by atoms with Crippen LogP contribution in [0.15, 0.2) is 0 Å². The van der Waals surface area contributed by atoms with E-state index >= 15 is 0 Å². The Balaban J connectivity index is 1.75. The van der Waals surface area contributed by atoms with Gasteiger partial charge in [0.05, 0.1) is 6.61 Å². The SMILES string of the molecule is CC(N)OCC1(CN2CCCCOCCC2)CC1. The Bertz CT molecular complexity index is 232. The Morgan fingerprint density at radius 2 is 1.94 bits per heavy atom. The van der Waals surface area contributed by atoms with Crippen LogP contribution in [0.1, 0.15) is 39.0 Å². The van der Waals surface area contributed by atoms with Gasteiger partial charge in [0.25, 0.3) is 0 Å². The fourth-order valence-corrected chi connectivity index (χ4v) is 2.61. The van der Waals surface area contributed by atoms with E-state index in [1.807, 2.05) is 6.92 Å². The zero-order valence-electron chi connectivity index (χ0n) is 11.7. The molecule has 106 valence electrons. The lowest BCUT2D eigenvalue weighted by Gasteiger charge is -2.27. The molecule has 2 fully saturated rings. The molecule has 4 nitrogen and oxygen atoms in total. The number of nitrogens with zero attached hydrogens (tertiary/aromatic N) is 1. The molecule has 0 aromatic rings. The molecule has 2 rings (SSSR count). The van der Waals surface area contributed by atoms with Crippen LogP contribution in [-0.2, 0) is 9.47 Å². The van der Waals surface area contributed by atoms with Gasteiger partial charge in [-0.05, 0) is 45.6 Å². The van der Waals surface area contributed by atoms with Crippen LogP contribution < -0.4 is 5.73 Å². The van der Waals surface area contributed by atoms with E-state index in [4.69, 9.17) is 15.2 Å². The standard InChI is InChI=1S/C14H28N2O2/c1-13(15)18-12-14(5-6-14)11-16-7-2-3-9-17-10-4-8-16/h13H,2-12,15H2,1H3. The molecule has 1 saturated heterocycles. The predicted octanol–water partition coefficient (Wildman–Crippen LogP) is 1.59. The van der Waals surface area contributed by atoms with Gasteiger partial charge in [0.15, 0.2) is 0 Å². The maximum atomic E-state index is 5.67. The van der Waals surface area contributed by atoms with E-state index in [0.717, 1.165) is 26.2 Å². The van der Waals surface area contributed by atoms with Crippen LogP contribution in [0.25, 0.3) is 0 Å². The molecule has 0 spiro atoms. The lowest BCUT2D eigenvalue weighted by atomic mass is 10.1. The van der Waals surface area contributed by atoms with E-state index in [1.54, 1.807) is 0 Å². The number of rotatable bonds is 5. The summed E-state index contributed by atoms with van der Waals surface area (Å²) in [5, 5.41) is 0. The molecule has 1 unspecified atom stereocenters. The first-order valence-corrected chi connectivity index (χ1v) is 7.38. The van der Waals surface area contributed by atoms with Gasteiger partial charge in [0.1, 0.15) is 6.23 Å². The van der Waals surface area contributed by atoms with Gasteiger partial charge >= 0.3 is 0 Å². The molecule has 4 heteroatoms. The molecule has 1 heterocycles. The van der Waals surface area contributed by atoms with E-state index < -0.39 is 0 Å². The smallest absolute Gasteiger partial charge is 0.102 e. The summed E-state index contributed by atoms with van der Waals surface area (Å²) in [7, 11) is 0. The van der Waals surface area contributed by atoms with Gasteiger partial charge in [-0.3, -0.25) is 0 Å². The van der Waals surface area contributed by atoms with Crippen molar-refractivity contribution >= 4 is 0 Å². The Morgan fingerprint density at radius 3 is 2.67 bits per heavy atom. The fraction of sp³-hybridized carbons (Fsp3) is 1.00. The Hall–Kier alpha value is -0.160. The van der Waals surface area contributed by atoms with Gasteiger partial charge in [-0.2, -0.15) is 0 Å². The molecule has 2 aliphatic rings. The minimum Gasteiger partial charge on any atom is -0.381 e. The van der Waals surface area contributed by atoms with Gasteiger partial charge in [0, 0.05) is 31.7 Å². The topological polar surface area (TPSA) is 47.7 Å². The number of nitrogens with two attached hydrogens (primary N) is 1. The Labute approximate surface area is 111 Å². The summed E-state index contributed by atoms with van der Waals surface area (Å²) >= 11 is 0. The average molecular weight is 256 g/mol. The second-order valence-corrected chi connectivity index (χ2v) is 5.97. The second-order valence-electron chi connectivity index (χ2n) is 5.97. The highest BCUT2D eigenvalue weighted by Crippen LogP contribution is 2.46. The van der Waals surface area contributed by atoms with Crippen LogP contribution in [0.5, 0.6) is 0 Å². The summed E-state index contributed by atoms with van der Waals surface area (Å²) in [4.78, 5) is 2.60. The Kier molecular flexibility index (Phi) is 5.42. The third-order valence-corrected chi connectivity index (χ3v) is 3.94. The zero-order valence-corrected chi connectivity index (χ0v) is 11.7. The molecule has 0 aromatic heterocycles. The second kappa shape index (κ2) is 6.85. The first kappa shape index (κ1) is 14.3. The first-order valence-electron chi connectivity index (χ1n) is 7.38. The van der Waals surface area contributed by atoms with Crippen molar-refractivity contribution in [3.05, 3.63) is 0 Å². The molecular formula is C14H28N2O2. The molecule has 0 radical (unpaired) electrons. The van der Waals surface area contributed by atoms with Gasteiger partial charge < -0.3 is 20.1 Å². The van der Waals surface area contributed by atoms with Gasteiger partial charge in [-0.25, -0.2) is 0 Å². The lowest BCUT2D eigenvalue weighted by Crippen LogP contribution is -2.36. The highest BCUT2D eigenvalue weighted by Gasteiger charge is 2.44. The number of hydrogen-bond donors (Lipinski definition) is 1. The molecule has 18 heavy (non-hydrogen) atoms. The summed E-state index contributed by atoms with van der Waals surface area (Å²) < 4.78 is 11.2. The van der Waals surface area contributed by atoms with Crippen LogP contribution in [0.3, 0.4) is 0 Å². The third-order valence-electron chi connectivity index (χ3n) is 3.94. The van der Waals surface area contributed by atoms with Crippen molar-refractivity contribution < 1.29 is 9.47 Å². The number of hydrogen-bond acceptors (Lipinski definition) is 4. The summed E-state index contributed by atoms with van der Waals surface area (Å²) in [6, 6.07) is 0. The minimum atomic E-state index is -0.133. The Morgan fingerprint density at radius 1 is 1.22 bits per heavy atom. The van der Waals surface area contributed by atoms with E-state index in [2.05, 4.69) is 4.90 Å². The van der Waals surface area contributed by atoms with E-state index in [9.17, 15) is 0 Å². The predicted molar refractivity (Wildman–Crippen MR) is 72.4 cm³/mol. The lowest BCUT2D eigenvalue weighted by molar-refractivity contribution is 0.0245. The van der Waals surface area contributed by atoms with Crippen molar-refractivity contribution in [1.82, 2.24) is 4.90 Å². The molecule has 2 N–H and O–H groups in total. The maximum absolute atomic E-state index is 5.67. The highest BCUT2D eigenvalue weighted by molar-refractivity contribution is 4.95. The zero-order chi connectivity index (χ0) is 12.8. The van der Waals surface area contributed by atoms with Crippen LogP contribution in [0.4, 0.5) is 0 Å². The summed E-state index contributed by atoms with van der Waals surface area (Å²) in [5.74, 6) is 0. The van der Waals surface area contributed by atoms with Gasteiger partial charge in [-0.1, -0.05) is 0 Å². The fourth-order valence-electron chi connectivity index (χ4n) is 2.61. The van der Waals surface area contributed by atoms with Crippen molar-refractivity contribution in [2.45, 2.75) is 45.3 Å². The maximum Gasteiger partial charge on any atom is 0.102 e. The van der Waals surface area contributed by atoms with Gasteiger partial charge in [-0.15, -0.1) is 0 Å². The molecule has 0 bridgehead atoms. The van der Waals surface area contributed by atoms with Crippen LogP contribution in [-0.4, -0.2) is 50.6 Å². The molecule has 1 atom stereocenters. The van der Waals surface area contributed by atoms with Crippen molar-refractivity contribution in [1.29, 1.82) is 0 Å². The van der Waals surface area contributed by atoms with E-state index in [-0.39, 0.29) is 6.23 Å². The van der Waals surface area contributed by atoms with E-state index in [0.29, 0.717) is 5.41 Å². The van der Waals surface area contributed by atoms with E-state index in [1.165, 1.54) is 45.3 Å². The molecule has 0 amide bonds. The molecule has 1 saturated carbocycles. The van der Waals surface area contributed by atoms with Crippen LogP contribution in [0, 0.1) is 5.41 Å². The number of ether oxygens (including phenoxy) is 2. The third kappa shape index (κ3) is 4.84. The quantitative estimate of drug-likeness (QED) is 0.759. The van der Waals surface area contributed by atoms with Crippen molar-refractivity contribution in [2.24, 2.45) is 11.1 Å². The molecule has 0 aromatic carbocycles. The van der Waals surface area contributed by atoms with Crippen LogP contribution >= 0.6 is 0 Å². The first-order chi connectivity index (χ1) is 8.70. The van der Waals surface area contributed by atoms with Crippen molar-refractivity contribution in [2.75, 3.05) is 39.5 Å².